The van der Waals surface area contributed by atoms with Gasteiger partial charge in [0.15, 0.2) is 5.96 Å². The van der Waals surface area contributed by atoms with Gasteiger partial charge in [0.2, 0.25) is 0 Å². The maximum Gasteiger partial charge on any atom is 0.390 e. The van der Waals surface area contributed by atoms with Crippen molar-refractivity contribution in [3.63, 3.8) is 0 Å². The molecule has 136 valence electrons. The molecule has 0 spiro atoms. The van der Waals surface area contributed by atoms with E-state index >= 15 is 0 Å². The van der Waals surface area contributed by atoms with E-state index in [1.807, 2.05) is 31.2 Å². The van der Waals surface area contributed by atoms with E-state index in [9.17, 15) is 13.2 Å². The molecule has 1 aromatic rings. The van der Waals surface area contributed by atoms with E-state index in [0.29, 0.717) is 32.3 Å². The minimum Gasteiger partial charge on any atom is -0.491 e. The molecule has 0 bridgehead atoms. The number of ether oxygens (including phenoxy) is 2. The molecule has 0 saturated heterocycles. The van der Waals surface area contributed by atoms with E-state index in [4.69, 9.17) is 9.47 Å². The van der Waals surface area contributed by atoms with Crippen molar-refractivity contribution in [3.05, 3.63) is 29.8 Å². The van der Waals surface area contributed by atoms with E-state index < -0.39 is 12.6 Å². The Kier molecular flexibility index (Phi) is 8.99. The third-order valence-electron chi connectivity index (χ3n) is 2.94. The second-order valence-corrected chi connectivity index (χ2v) is 4.97. The van der Waals surface area contributed by atoms with E-state index in [1.54, 1.807) is 7.11 Å². The molecule has 0 heterocycles. The number of alkyl halides is 3. The number of rotatable bonds is 9. The van der Waals surface area contributed by atoms with Gasteiger partial charge in [-0.15, -0.1) is 0 Å². The fourth-order valence-electron chi connectivity index (χ4n) is 1.77. The van der Waals surface area contributed by atoms with Crippen molar-refractivity contribution in [1.82, 2.24) is 10.6 Å². The van der Waals surface area contributed by atoms with Crippen LogP contribution in [0.15, 0.2) is 29.3 Å². The summed E-state index contributed by atoms with van der Waals surface area (Å²) in [6.07, 6.45) is -5.08. The summed E-state index contributed by atoms with van der Waals surface area (Å²) in [6, 6.07) is 7.38. The molecule has 0 aromatic heterocycles. The van der Waals surface area contributed by atoms with Gasteiger partial charge in [-0.2, -0.15) is 13.2 Å². The van der Waals surface area contributed by atoms with Crippen molar-refractivity contribution in [2.45, 2.75) is 26.1 Å². The minimum absolute atomic E-state index is 0.207. The van der Waals surface area contributed by atoms with Gasteiger partial charge in [-0.25, -0.2) is 4.99 Å². The highest BCUT2D eigenvalue weighted by Gasteiger charge is 2.26. The van der Waals surface area contributed by atoms with Crippen molar-refractivity contribution in [1.29, 1.82) is 0 Å². The SMILES string of the molecule is CCNC(=NCc1ccc(OCCOC)cc1)NCCC(F)(F)F. The largest absolute Gasteiger partial charge is 0.491 e. The van der Waals surface area contributed by atoms with Crippen LogP contribution < -0.4 is 15.4 Å². The quantitative estimate of drug-likeness (QED) is 0.410. The van der Waals surface area contributed by atoms with Crippen molar-refractivity contribution < 1.29 is 22.6 Å². The number of aliphatic imine (C=N–C) groups is 1. The molecule has 0 saturated carbocycles. The third-order valence-corrected chi connectivity index (χ3v) is 2.94. The fraction of sp³-hybridized carbons (Fsp3) is 0.562. The molecule has 0 aliphatic carbocycles. The zero-order valence-corrected chi connectivity index (χ0v) is 13.9. The Hall–Kier alpha value is -1.96. The number of guanidine groups is 1. The highest BCUT2D eigenvalue weighted by Crippen LogP contribution is 2.18. The van der Waals surface area contributed by atoms with Crippen LogP contribution in [-0.4, -0.2) is 45.5 Å². The summed E-state index contributed by atoms with van der Waals surface area (Å²) in [5.41, 5.74) is 0.933. The van der Waals surface area contributed by atoms with Crippen molar-refractivity contribution >= 4 is 5.96 Å². The molecule has 8 heteroatoms. The van der Waals surface area contributed by atoms with Crippen LogP contribution in [0.3, 0.4) is 0 Å². The number of nitrogens with one attached hydrogen (secondary N) is 2. The van der Waals surface area contributed by atoms with Gasteiger partial charge in [0.05, 0.1) is 19.6 Å². The van der Waals surface area contributed by atoms with Gasteiger partial charge >= 0.3 is 6.18 Å². The highest BCUT2D eigenvalue weighted by molar-refractivity contribution is 5.79. The molecule has 0 unspecified atom stereocenters. The summed E-state index contributed by atoms with van der Waals surface area (Å²) in [5.74, 6) is 1.09. The monoisotopic (exact) mass is 347 g/mol. The Morgan fingerprint density at radius 2 is 1.83 bits per heavy atom. The topological polar surface area (TPSA) is 54.9 Å². The number of hydrogen-bond donors (Lipinski definition) is 2. The molecule has 2 N–H and O–H groups in total. The Morgan fingerprint density at radius 1 is 1.12 bits per heavy atom. The molecule has 24 heavy (non-hydrogen) atoms. The standard InChI is InChI=1S/C16H24F3N3O2/c1-3-20-15(21-9-8-16(17,18)19)22-12-13-4-6-14(7-5-13)24-11-10-23-2/h4-7H,3,8-12H2,1-2H3,(H2,20,21,22). The van der Waals surface area contributed by atoms with Crippen LogP contribution in [0.1, 0.15) is 18.9 Å². The molecular formula is C16H24F3N3O2. The maximum atomic E-state index is 12.2. The van der Waals surface area contributed by atoms with Crippen molar-refractivity contribution in [3.8, 4) is 5.75 Å². The van der Waals surface area contributed by atoms with Gasteiger partial charge in [0, 0.05) is 20.2 Å². The van der Waals surface area contributed by atoms with Crippen LogP contribution in [0.2, 0.25) is 0 Å². The number of benzene rings is 1. The fourth-order valence-corrected chi connectivity index (χ4v) is 1.77. The summed E-state index contributed by atoms with van der Waals surface area (Å²) in [5, 5.41) is 5.59. The van der Waals surface area contributed by atoms with Gasteiger partial charge in [-0.05, 0) is 24.6 Å². The molecule has 0 fully saturated rings. The lowest BCUT2D eigenvalue weighted by atomic mass is 10.2. The summed E-state index contributed by atoms with van der Waals surface area (Å²) >= 11 is 0. The molecule has 0 amide bonds. The minimum atomic E-state index is -4.18. The van der Waals surface area contributed by atoms with Gasteiger partial charge in [0.1, 0.15) is 12.4 Å². The van der Waals surface area contributed by atoms with Crippen LogP contribution in [-0.2, 0) is 11.3 Å². The smallest absolute Gasteiger partial charge is 0.390 e. The molecule has 0 atom stereocenters. The van der Waals surface area contributed by atoms with Crippen LogP contribution in [0.25, 0.3) is 0 Å². The Morgan fingerprint density at radius 3 is 2.42 bits per heavy atom. The first-order chi connectivity index (χ1) is 11.4. The first kappa shape index (κ1) is 20.1. The van der Waals surface area contributed by atoms with Crippen molar-refractivity contribution in [2.75, 3.05) is 33.4 Å². The van der Waals surface area contributed by atoms with Crippen LogP contribution in [0.5, 0.6) is 5.75 Å². The molecule has 0 radical (unpaired) electrons. The summed E-state index contributed by atoms with van der Waals surface area (Å²) < 4.78 is 46.9. The number of hydrogen-bond acceptors (Lipinski definition) is 3. The van der Waals surface area contributed by atoms with Gasteiger partial charge < -0.3 is 20.1 Å². The van der Waals surface area contributed by atoms with E-state index in [1.165, 1.54) is 0 Å². The summed E-state index contributed by atoms with van der Waals surface area (Å²) in [6.45, 7) is 3.57. The lowest BCUT2D eigenvalue weighted by Crippen LogP contribution is -2.38. The maximum absolute atomic E-state index is 12.2. The van der Waals surface area contributed by atoms with Gasteiger partial charge in [-0.3, -0.25) is 0 Å². The lowest BCUT2D eigenvalue weighted by molar-refractivity contribution is -0.132. The Bertz CT molecular complexity index is 490. The van der Waals surface area contributed by atoms with Gasteiger partial charge in [-0.1, -0.05) is 12.1 Å². The summed E-state index contributed by atoms with van der Waals surface area (Å²) in [7, 11) is 1.61. The first-order valence-electron chi connectivity index (χ1n) is 7.74. The van der Waals surface area contributed by atoms with Crippen molar-refractivity contribution in [2.24, 2.45) is 4.99 Å². The van der Waals surface area contributed by atoms with Crippen LogP contribution >= 0.6 is 0 Å². The van der Waals surface area contributed by atoms with Gasteiger partial charge in [0.25, 0.3) is 0 Å². The number of methoxy groups -OCH3 is 1. The Labute approximate surface area is 140 Å². The second-order valence-electron chi connectivity index (χ2n) is 4.97. The number of nitrogens with zero attached hydrogens (tertiary/aromatic N) is 1. The number of halogens is 3. The molecule has 1 rings (SSSR count). The normalized spacial score (nSPS) is 12.1. The zero-order chi connectivity index (χ0) is 17.8. The zero-order valence-electron chi connectivity index (χ0n) is 13.9. The first-order valence-corrected chi connectivity index (χ1v) is 7.74. The highest BCUT2D eigenvalue weighted by atomic mass is 19.4. The average Bonchev–Trinajstić information content (AvgIpc) is 2.53. The van der Waals surface area contributed by atoms with Crippen LogP contribution in [0, 0.1) is 0 Å². The molecule has 0 aliphatic heterocycles. The summed E-state index contributed by atoms with van der Waals surface area (Å²) in [4.78, 5) is 4.27. The average molecular weight is 347 g/mol. The molecule has 5 nitrogen and oxygen atoms in total. The lowest BCUT2D eigenvalue weighted by Gasteiger charge is -2.12. The molecule has 1 aromatic carbocycles. The van der Waals surface area contributed by atoms with E-state index in [2.05, 4.69) is 15.6 Å². The third kappa shape index (κ3) is 9.24. The second kappa shape index (κ2) is 10.7. The Balaban J connectivity index is 2.49. The van der Waals surface area contributed by atoms with E-state index in [-0.39, 0.29) is 6.54 Å². The molecule has 0 aliphatic rings. The van der Waals surface area contributed by atoms with Crippen LogP contribution in [0.4, 0.5) is 13.2 Å². The van der Waals surface area contributed by atoms with E-state index in [0.717, 1.165) is 11.3 Å². The predicted molar refractivity (Wildman–Crippen MR) is 87.3 cm³/mol. The molecular weight excluding hydrogens is 323 g/mol. The predicted octanol–water partition coefficient (Wildman–Crippen LogP) is 2.72.